The molecule has 3 heterocycles. The molecular weight excluding hydrogens is 468 g/mol. The first-order chi connectivity index (χ1) is 16.2. The highest BCUT2D eigenvalue weighted by Gasteiger charge is 2.53. The monoisotopic (exact) mass is 514 g/mol. The van der Waals surface area contributed by atoms with Crippen molar-refractivity contribution in [2.75, 3.05) is 31.7 Å². The van der Waals surface area contributed by atoms with Crippen molar-refractivity contribution in [1.29, 1.82) is 0 Å². The number of amides is 2. The lowest BCUT2D eigenvalue weighted by molar-refractivity contribution is -0.245. The van der Waals surface area contributed by atoms with Gasteiger partial charge in [-0.3, -0.25) is 4.79 Å². The minimum atomic E-state index is -0.611. The molecule has 35 heavy (non-hydrogen) atoms. The minimum Gasteiger partial charge on any atom is -0.444 e. The van der Waals surface area contributed by atoms with Crippen LogP contribution in [0.1, 0.15) is 80.1 Å². The Labute approximate surface area is 215 Å². The molecule has 0 aliphatic carbocycles. The van der Waals surface area contributed by atoms with Gasteiger partial charge in [0, 0.05) is 13.1 Å². The van der Waals surface area contributed by atoms with Crippen molar-refractivity contribution in [3.05, 3.63) is 0 Å². The summed E-state index contributed by atoms with van der Waals surface area (Å²) in [6.07, 6.45) is 5.68. The van der Waals surface area contributed by atoms with Gasteiger partial charge in [0.25, 0.3) is 0 Å². The Balaban J connectivity index is 1.57. The van der Waals surface area contributed by atoms with Crippen LogP contribution in [0, 0.1) is 5.41 Å². The van der Waals surface area contributed by atoms with Crippen LogP contribution in [0.4, 0.5) is 4.79 Å². The Morgan fingerprint density at radius 1 is 1.20 bits per heavy atom. The van der Waals surface area contributed by atoms with Gasteiger partial charge in [0.2, 0.25) is 5.91 Å². The van der Waals surface area contributed by atoms with Crippen LogP contribution >= 0.6 is 11.8 Å². The summed E-state index contributed by atoms with van der Waals surface area (Å²) in [6.45, 7) is 13.4. The third-order valence-electron chi connectivity index (χ3n) is 7.84. The number of alkyl carbamates (subject to hydrolysis) is 1. The number of thioether (sulfide) groups is 1. The predicted molar refractivity (Wildman–Crippen MR) is 138 cm³/mol. The molecule has 0 saturated carbocycles. The number of piperidine rings is 1. The maximum Gasteiger partial charge on any atom is 0.408 e. The van der Waals surface area contributed by atoms with E-state index in [2.05, 4.69) is 12.2 Å². The molecule has 0 radical (unpaired) electrons. The average Bonchev–Trinajstić information content (AvgIpc) is 3.17. The highest BCUT2D eigenvalue weighted by molar-refractivity contribution is 7.98. The summed E-state index contributed by atoms with van der Waals surface area (Å²) in [5, 5.41) is 13.1. The topological polar surface area (TPSA) is 97.3 Å². The second kappa shape index (κ2) is 10.8. The number of nitrogens with one attached hydrogen (secondary N) is 1. The second-order valence-electron chi connectivity index (χ2n) is 12.4. The Bertz CT molecular complexity index is 761. The molecule has 2 N–H and O–H groups in total. The van der Waals surface area contributed by atoms with E-state index < -0.39 is 35.0 Å². The third kappa shape index (κ3) is 7.05. The lowest BCUT2D eigenvalue weighted by Crippen LogP contribution is -2.57. The lowest BCUT2D eigenvalue weighted by Gasteiger charge is -2.49. The van der Waals surface area contributed by atoms with Gasteiger partial charge in [-0.2, -0.15) is 11.8 Å². The molecule has 3 saturated heterocycles. The van der Waals surface area contributed by atoms with Crippen molar-refractivity contribution in [2.45, 2.75) is 115 Å². The zero-order valence-corrected chi connectivity index (χ0v) is 23.5. The molecule has 1 spiro atoms. The van der Waals surface area contributed by atoms with Crippen molar-refractivity contribution in [3.63, 3.8) is 0 Å². The number of ether oxygens (including phenoxy) is 3. The Morgan fingerprint density at radius 2 is 1.86 bits per heavy atom. The number of aliphatic hydroxyl groups is 1. The minimum absolute atomic E-state index is 0.0142. The van der Waals surface area contributed by atoms with Crippen molar-refractivity contribution in [2.24, 2.45) is 5.41 Å². The maximum absolute atomic E-state index is 13.3. The van der Waals surface area contributed by atoms with E-state index in [-0.39, 0.29) is 17.4 Å². The highest BCUT2D eigenvalue weighted by atomic mass is 32.2. The molecule has 0 aromatic carbocycles. The van der Waals surface area contributed by atoms with E-state index in [1.807, 2.05) is 45.8 Å². The highest BCUT2D eigenvalue weighted by Crippen LogP contribution is 2.49. The molecule has 0 aromatic heterocycles. The first kappa shape index (κ1) is 28.5. The van der Waals surface area contributed by atoms with Crippen molar-refractivity contribution >= 4 is 23.8 Å². The van der Waals surface area contributed by atoms with Gasteiger partial charge in [-0.1, -0.05) is 0 Å². The molecule has 0 unspecified atom stereocenters. The fraction of sp³-hybridized carbons (Fsp3) is 0.923. The van der Waals surface area contributed by atoms with E-state index in [1.165, 1.54) is 0 Å². The molecule has 3 fully saturated rings. The fourth-order valence-electron chi connectivity index (χ4n) is 5.61. The number of aliphatic hydroxyl groups excluding tert-OH is 1. The standard InChI is InChI=1S/C26H46N2O6S/c1-23(2,3)33-22(31)27-18(9-15-35-7)21(30)28-13-11-26(12-14-28)16-20(32-17-26)25(6)10-8-19(29)24(4,5)34-25/h18-20,29H,8-17H2,1-7H3,(H,27,31)/t18-,19+,20-,25-/m1/s1. The molecule has 3 rings (SSSR count). The van der Waals surface area contributed by atoms with Gasteiger partial charge in [-0.25, -0.2) is 4.79 Å². The summed E-state index contributed by atoms with van der Waals surface area (Å²) in [5.41, 5.74) is -1.57. The van der Waals surface area contributed by atoms with E-state index in [0.29, 0.717) is 32.5 Å². The van der Waals surface area contributed by atoms with Crippen LogP contribution < -0.4 is 5.32 Å². The Morgan fingerprint density at radius 3 is 2.43 bits per heavy atom. The number of likely N-dealkylation sites (tertiary alicyclic amines) is 1. The van der Waals surface area contributed by atoms with Gasteiger partial charge in [-0.05, 0) is 97.5 Å². The van der Waals surface area contributed by atoms with E-state index in [1.54, 1.807) is 11.8 Å². The number of carbonyl (C=O) groups is 2. The molecule has 202 valence electrons. The summed E-state index contributed by atoms with van der Waals surface area (Å²) in [5.74, 6) is 0.747. The predicted octanol–water partition coefficient (Wildman–Crippen LogP) is 3.74. The summed E-state index contributed by atoms with van der Waals surface area (Å²) in [6, 6.07) is -0.581. The third-order valence-corrected chi connectivity index (χ3v) is 8.48. The SMILES string of the molecule is CSCC[C@@H](NC(=O)OC(C)(C)C)C(=O)N1CCC2(CC1)CO[C@@H]([C@@]1(C)CC[C@H](O)C(C)(C)O1)C2. The van der Waals surface area contributed by atoms with E-state index in [4.69, 9.17) is 14.2 Å². The smallest absolute Gasteiger partial charge is 0.408 e. The fourth-order valence-corrected chi connectivity index (χ4v) is 6.08. The number of rotatable bonds is 6. The van der Waals surface area contributed by atoms with E-state index >= 15 is 0 Å². The molecule has 8 nitrogen and oxygen atoms in total. The number of nitrogens with zero attached hydrogens (tertiary/aromatic N) is 1. The molecule has 4 atom stereocenters. The van der Waals surface area contributed by atoms with Gasteiger partial charge in [0.15, 0.2) is 0 Å². The van der Waals surface area contributed by atoms with E-state index in [0.717, 1.165) is 31.4 Å². The van der Waals surface area contributed by atoms with Crippen molar-refractivity contribution < 1.29 is 28.9 Å². The Kier molecular flexibility index (Phi) is 8.77. The summed E-state index contributed by atoms with van der Waals surface area (Å²) >= 11 is 1.66. The van der Waals surface area contributed by atoms with Crippen LogP contribution in [0.15, 0.2) is 0 Å². The van der Waals surface area contributed by atoms with Crippen LogP contribution in [-0.4, -0.2) is 88.8 Å². The largest absolute Gasteiger partial charge is 0.444 e. The zero-order chi connectivity index (χ0) is 26.1. The molecule has 0 bridgehead atoms. The normalized spacial score (nSPS) is 31.3. The Hall–Kier alpha value is -1.03. The molecular formula is C26H46N2O6S. The summed E-state index contributed by atoms with van der Waals surface area (Å²) in [7, 11) is 0. The number of hydrogen-bond acceptors (Lipinski definition) is 7. The van der Waals surface area contributed by atoms with Crippen LogP contribution in [0.5, 0.6) is 0 Å². The first-order valence-electron chi connectivity index (χ1n) is 13.0. The van der Waals surface area contributed by atoms with E-state index in [9.17, 15) is 14.7 Å². The van der Waals surface area contributed by atoms with Crippen LogP contribution in [0.3, 0.4) is 0 Å². The van der Waals surface area contributed by atoms with Crippen LogP contribution in [-0.2, 0) is 19.0 Å². The van der Waals surface area contributed by atoms with Crippen LogP contribution in [0.25, 0.3) is 0 Å². The molecule has 9 heteroatoms. The first-order valence-corrected chi connectivity index (χ1v) is 14.4. The lowest BCUT2D eigenvalue weighted by atomic mass is 9.73. The van der Waals surface area contributed by atoms with Gasteiger partial charge in [0.1, 0.15) is 11.6 Å². The zero-order valence-electron chi connectivity index (χ0n) is 22.6. The average molecular weight is 515 g/mol. The maximum atomic E-state index is 13.3. The summed E-state index contributed by atoms with van der Waals surface area (Å²) < 4.78 is 18.1. The second-order valence-corrected chi connectivity index (χ2v) is 13.4. The van der Waals surface area contributed by atoms with Gasteiger partial charge in [0.05, 0.1) is 30.0 Å². The van der Waals surface area contributed by atoms with Crippen LogP contribution in [0.2, 0.25) is 0 Å². The summed E-state index contributed by atoms with van der Waals surface area (Å²) in [4.78, 5) is 27.6. The van der Waals surface area contributed by atoms with Crippen molar-refractivity contribution in [1.82, 2.24) is 10.2 Å². The molecule has 3 aliphatic heterocycles. The number of carbonyl (C=O) groups excluding carboxylic acids is 2. The van der Waals surface area contributed by atoms with Crippen molar-refractivity contribution in [3.8, 4) is 0 Å². The van der Waals surface area contributed by atoms with Gasteiger partial charge in [-0.15, -0.1) is 0 Å². The number of hydrogen-bond donors (Lipinski definition) is 2. The van der Waals surface area contributed by atoms with Gasteiger partial charge >= 0.3 is 6.09 Å². The quantitative estimate of drug-likeness (QED) is 0.557. The van der Waals surface area contributed by atoms with Gasteiger partial charge < -0.3 is 29.5 Å². The molecule has 2 amide bonds. The molecule has 3 aliphatic rings. The molecule has 0 aromatic rings.